The Kier molecular flexibility index (Phi) is 2.89. The zero-order chi connectivity index (χ0) is 7.49. The van der Waals surface area contributed by atoms with Crippen molar-refractivity contribution in [2.45, 2.75) is 40.5 Å². The lowest BCUT2D eigenvalue weighted by molar-refractivity contribution is 0.431. The number of nitrogens with one attached hydrogen (secondary N) is 1. The van der Waals surface area contributed by atoms with Crippen LogP contribution >= 0.6 is 0 Å². The Morgan fingerprint density at radius 2 is 1.78 bits per heavy atom. The van der Waals surface area contributed by atoms with Crippen molar-refractivity contribution in [2.75, 3.05) is 0 Å². The van der Waals surface area contributed by atoms with Crippen LogP contribution in [0, 0.1) is 10.8 Å². The van der Waals surface area contributed by atoms with E-state index in [2.05, 4.69) is 20.8 Å². The van der Waals surface area contributed by atoms with Crippen molar-refractivity contribution >= 4 is 5.71 Å². The minimum atomic E-state index is 0.299. The monoisotopic (exact) mass is 127 g/mol. The molecule has 0 spiro atoms. The molecule has 0 bridgehead atoms. The molecule has 0 aliphatic heterocycles. The summed E-state index contributed by atoms with van der Waals surface area (Å²) in [5, 5.41) is 7.39. The fourth-order valence-electron chi connectivity index (χ4n) is 0.765. The van der Waals surface area contributed by atoms with Crippen LogP contribution in [0.1, 0.15) is 40.5 Å². The topological polar surface area (TPSA) is 23.9 Å². The molecule has 0 radical (unpaired) electrons. The van der Waals surface area contributed by atoms with E-state index in [1.807, 2.05) is 6.92 Å². The van der Waals surface area contributed by atoms with Gasteiger partial charge in [0.15, 0.2) is 0 Å². The first-order chi connectivity index (χ1) is 3.95. The molecule has 0 aliphatic rings. The van der Waals surface area contributed by atoms with Crippen LogP contribution in [0.4, 0.5) is 0 Å². The first-order valence-corrected chi connectivity index (χ1v) is 3.52. The van der Waals surface area contributed by atoms with Gasteiger partial charge in [-0.3, -0.25) is 0 Å². The van der Waals surface area contributed by atoms with Gasteiger partial charge in [0.05, 0.1) is 0 Å². The second kappa shape index (κ2) is 3.00. The fourth-order valence-corrected chi connectivity index (χ4v) is 0.765. The van der Waals surface area contributed by atoms with Crippen molar-refractivity contribution < 1.29 is 0 Å². The fraction of sp³-hybridized carbons (Fsp3) is 0.875. The molecule has 1 nitrogen and oxygen atoms in total. The SMILES string of the molecule is CCC(=N)CC(C)(C)C. The van der Waals surface area contributed by atoms with Gasteiger partial charge in [-0.2, -0.15) is 0 Å². The summed E-state index contributed by atoms with van der Waals surface area (Å²) in [4.78, 5) is 0. The predicted octanol–water partition coefficient (Wildman–Crippen LogP) is 2.85. The summed E-state index contributed by atoms with van der Waals surface area (Å²) >= 11 is 0. The molecule has 9 heavy (non-hydrogen) atoms. The molecular weight excluding hydrogens is 110 g/mol. The third kappa shape index (κ3) is 5.54. The average molecular weight is 127 g/mol. The minimum Gasteiger partial charge on any atom is -0.310 e. The summed E-state index contributed by atoms with van der Waals surface area (Å²) in [6.07, 6.45) is 1.83. The highest BCUT2D eigenvalue weighted by molar-refractivity contribution is 5.81. The molecule has 0 fully saturated rings. The minimum absolute atomic E-state index is 0.299. The van der Waals surface area contributed by atoms with Gasteiger partial charge in [-0.25, -0.2) is 0 Å². The van der Waals surface area contributed by atoms with E-state index in [4.69, 9.17) is 5.41 Å². The molecule has 0 aromatic heterocycles. The standard InChI is InChI=1S/C8H17N/c1-5-7(9)6-8(2,3)4/h9H,5-6H2,1-4H3. The highest BCUT2D eigenvalue weighted by atomic mass is 14.4. The van der Waals surface area contributed by atoms with Crippen molar-refractivity contribution in [3.05, 3.63) is 0 Å². The lowest BCUT2D eigenvalue weighted by Gasteiger charge is -2.17. The van der Waals surface area contributed by atoms with Gasteiger partial charge in [0.1, 0.15) is 0 Å². The van der Waals surface area contributed by atoms with Crippen LogP contribution in [0.15, 0.2) is 0 Å². The summed E-state index contributed by atoms with van der Waals surface area (Å²) in [7, 11) is 0. The van der Waals surface area contributed by atoms with Crippen molar-refractivity contribution in [3.8, 4) is 0 Å². The molecule has 0 rings (SSSR count). The summed E-state index contributed by atoms with van der Waals surface area (Å²) in [5.74, 6) is 0. The highest BCUT2D eigenvalue weighted by Gasteiger charge is 2.11. The van der Waals surface area contributed by atoms with Gasteiger partial charge in [0.25, 0.3) is 0 Å². The van der Waals surface area contributed by atoms with E-state index in [1.54, 1.807) is 0 Å². The van der Waals surface area contributed by atoms with E-state index >= 15 is 0 Å². The van der Waals surface area contributed by atoms with Crippen molar-refractivity contribution in [1.82, 2.24) is 0 Å². The second-order valence-electron chi connectivity index (χ2n) is 3.69. The van der Waals surface area contributed by atoms with Gasteiger partial charge in [-0.1, -0.05) is 27.7 Å². The molecule has 0 aromatic carbocycles. The zero-order valence-electron chi connectivity index (χ0n) is 6.91. The maximum Gasteiger partial charge on any atom is 0.00916 e. The highest BCUT2D eigenvalue weighted by Crippen LogP contribution is 2.19. The Bertz CT molecular complexity index is 97.6. The second-order valence-corrected chi connectivity index (χ2v) is 3.69. The Hall–Kier alpha value is -0.330. The van der Waals surface area contributed by atoms with E-state index in [-0.39, 0.29) is 0 Å². The summed E-state index contributed by atoms with van der Waals surface area (Å²) < 4.78 is 0. The maximum atomic E-state index is 7.39. The van der Waals surface area contributed by atoms with Gasteiger partial charge in [-0.15, -0.1) is 0 Å². The van der Waals surface area contributed by atoms with Gasteiger partial charge in [-0.05, 0) is 18.3 Å². The summed E-state index contributed by atoms with van der Waals surface area (Å²) in [5.41, 5.74) is 1.16. The number of rotatable bonds is 2. The molecule has 0 unspecified atom stereocenters. The molecule has 0 atom stereocenters. The number of hydrogen-bond donors (Lipinski definition) is 1. The Morgan fingerprint density at radius 3 is 1.89 bits per heavy atom. The van der Waals surface area contributed by atoms with Crippen molar-refractivity contribution in [2.24, 2.45) is 5.41 Å². The Balaban J connectivity index is 3.60. The molecule has 54 valence electrons. The van der Waals surface area contributed by atoms with Crippen LogP contribution < -0.4 is 0 Å². The first-order valence-electron chi connectivity index (χ1n) is 3.52. The van der Waals surface area contributed by atoms with Crippen molar-refractivity contribution in [1.29, 1.82) is 5.41 Å². The summed E-state index contributed by atoms with van der Waals surface area (Å²) in [6, 6.07) is 0. The predicted molar refractivity (Wildman–Crippen MR) is 42.1 cm³/mol. The summed E-state index contributed by atoms with van der Waals surface area (Å²) in [6.45, 7) is 8.53. The van der Waals surface area contributed by atoms with Crippen molar-refractivity contribution in [3.63, 3.8) is 0 Å². The molecule has 0 amide bonds. The normalized spacial score (nSPS) is 11.6. The Labute approximate surface area is 58.0 Å². The third-order valence-corrected chi connectivity index (χ3v) is 1.17. The molecule has 0 aromatic rings. The molecule has 0 aliphatic carbocycles. The molecule has 0 saturated heterocycles. The van der Waals surface area contributed by atoms with E-state index in [9.17, 15) is 0 Å². The lowest BCUT2D eigenvalue weighted by atomic mass is 9.89. The third-order valence-electron chi connectivity index (χ3n) is 1.17. The quantitative estimate of drug-likeness (QED) is 0.551. The van der Waals surface area contributed by atoms with Crippen LogP contribution in [0.25, 0.3) is 0 Å². The Morgan fingerprint density at radius 1 is 1.33 bits per heavy atom. The maximum absolute atomic E-state index is 7.39. The van der Waals surface area contributed by atoms with Crippen LogP contribution in [-0.2, 0) is 0 Å². The molecule has 1 heteroatoms. The smallest absolute Gasteiger partial charge is 0.00916 e. The molecular formula is C8H17N. The molecule has 0 saturated carbocycles. The van der Waals surface area contributed by atoms with Crippen LogP contribution in [-0.4, -0.2) is 5.71 Å². The molecule has 0 heterocycles. The van der Waals surface area contributed by atoms with E-state index in [1.165, 1.54) is 0 Å². The lowest BCUT2D eigenvalue weighted by Crippen LogP contribution is -2.10. The van der Waals surface area contributed by atoms with E-state index < -0.39 is 0 Å². The average Bonchev–Trinajstić information content (AvgIpc) is 1.62. The van der Waals surface area contributed by atoms with Crippen LogP contribution in [0.3, 0.4) is 0 Å². The van der Waals surface area contributed by atoms with Crippen LogP contribution in [0.5, 0.6) is 0 Å². The van der Waals surface area contributed by atoms with Gasteiger partial charge in [0, 0.05) is 5.71 Å². The zero-order valence-corrected chi connectivity index (χ0v) is 6.91. The van der Waals surface area contributed by atoms with Gasteiger partial charge in [0.2, 0.25) is 0 Å². The van der Waals surface area contributed by atoms with E-state index in [0.717, 1.165) is 18.6 Å². The number of hydrogen-bond acceptors (Lipinski definition) is 1. The largest absolute Gasteiger partial charge is 0.310 e. The first kappa shape index (κ1) is 8.67. The van der Waals surface area contributed by atoms with Crippen LogP contribution in [0.2, 0.25) is 0 Å². The van der Waals surface area contributed by atoms with Gasteiger partial charge < -0.3 is 5.41 Å². The van der Waals surface area contributed by atoms with E-state index in [0.29, 0.717) is 5.41 Å². The molecule has 1 N–H and O–H groups in total. The van der Waals surface area contributed by atoms with Gasteiger partial charge >= 0.3 is 0 Å².